The number of nitrogens with one attached hydrogen (secondary N) is 1. The number of benzene rings is 2. The molecule has 3 heterocycles. The van der Waals surface area contributed by atoms with Gasteiger partial charge < -0.3 is 10.2 Å². The Labute approximate surface area is 192 Å². The highest BCUT2D eigenvalue weighted by atomic mass is 16.2. The molecule has 0 radical (unpaired) electrons. The van der Waals surface area contributed by atoms with Gasteiger partial charge in [0.15, 0.2) is 0 Å². The smallest absolute Gasteiger partial charge is 0.254 e. The van der Waals surface area contributed by atoms with Gasteiger partial charge in [0.05, 0.1) is 16.8 Å². The van der Waals surface area contributed by atoms with Crippen molar-refractivity contribution in [1.29, 1.82) is 0 Å². The molecule has 2 aromatic carbocycles. The molecule has 1 N–H and O–H groups in total. The summed E-state index contributed by atoms with van der Waals surface area (Å²) in [6, 6.07) is 22.8. The summed E-state index contributed by atoms with van der Waals surface area (Å²) in [4.78, 5) is 36.9. The SMILES string of the molecule is O=C(Nc1ccccc1)C1CCN(C(=O)c2cc(-c3ccncc3)nc3ccccc23)CC1. The Kier molecular flexibility index (Phi) is 5.81. The minimum atomic E-state index is -0.101. The van der Waals surface area contributed by atoms with Crippen LogP contribution in [0.3, 0.4) is 0 Å². The third-order valence-electron chi connectivity index (χ3n) is 6.12. The van der Waals surface area contributed by atoms with E-state index in [0.717, 1.165) is 27.8 Å². The number of amides is 2. The van der Waals surface area contributed by atoms with E-state index in [2.05, 4.69) is 10.3 Å². The van der Waals surface area contributed by atoms with Gasteiger partial charge in [-0.05, 0) is 49.2 Å². The number of nitrogens with zero attached hydrogens (tertiary/aromatic N) is 3. The zero-order chi connectivity index (χ0) is 22.6. The average Bonchev–Trinajstić information content (AvgIpc) is 2.89. The van der Waals surface area contributed by atoms with E-state index >= 15 is 0 Å². The molecule has 6 nitrogen and oxygen atoms in total. The second kappa shape index (κ2) is 9.20. The summed E-state index contributed by atoms with van der Waals surface area (Å²) in [7, 11) is 0. The lowest BCUT2D eigenvalue weighted by atomic mass is 9.94. The van der Waals surface area contributed by atoms with Gasteiger partial charge in [-0.3, -0.25) is 14.6 Å². The third-order valence-corrected chi connectivity index (χ3v) is 6.12. The minimum absolute atomic E-state index is 0.0163. The zero-order valence-electron chi connectivity index (χ0n) is 18.1. The Bertz CT molecular complexity index is 1280. The lowest BCUT2D eigenvalue weighted by Gasteiger charge is -2.31. The number of piperidine rings is 1. The molecule has 0 aliphatic carbocycles. The van der Waals surface area contributed by atoms with E-state index in [1.165, 1.54) is 0 Å². The van der Waals surface area contributed by atoms with Gasteiger partial charge in [0, 0.05) is 48.0 Å². The summed E-state index contributed by atoms with van der Waals surface area (Å²) >= 11 is 0. The molecule has 0 unspecified atom stereocenters. The Morgan fingerprint density at radius 3 is 2.33 bits per heavy atom. The van der Waals surface area contributed by atoms with Crippen molar-refractivity contribution in [3.8, 4) is 11.3 Å². The first-order chi connectivity index (χ1) is 16.2. The topological polar surface area (TPSA) is 75.2 Å². The van der Waals surface area contributed by atoms with Gasteiger partial charge in [-0.15, -0.1) is 0 Å². The molecular formula is C27H24N4O2. The maximum absolute atomic E-state index is 13.6. The highest BCUT2D eigenvalue weighted by Gasteiger charge is 2.29. The Balaban J connectivity index is 1.35. The van der Waals surface area contributed by atoms with Crippen molar-refractivity contribution < 1.29 is 9.59 Å². The third kappa shape index (κ3) is 4.46. The largest absolute Gasteiger partial charge is 0.339 e. The molecular weight excluding hydrogens is 412 g/mol. The minimum Gasteiger partial charge on any atom is -0.339 e. The Morgan fingerprint density at radius 2 is 1.58 bits per heavy atom. The second-order valence-corrected chi connectivity index (χ2v) is 8.23. The number of anilines is 1. The quantitative estimate of drug-likeness (QED) is 0.499. The van der Waals surface area contributed by atoms with Crippen LogP contribution in [0, 0.1) is 5.92 Å². The highest BCUT2D eigenvalue weighted by molar-refractivity contribution is 6.07. The lowest BCUT2D eigenvalue weighted by Crippen LogP contribution is -2.41. The molecule has 4 aromatic rings. The maximum atomic E-state index is 13.6. The first-order valence-electron chi connectivity index (χ1n) is 11.1. The average molecular weight is 437 g/mol. The predicted octanol–water partition coefficient (Wildman–Crippen LogP) is 4.79. The van der Waals surface area contributed by atoms with E-state index in [1.54, 1.807) is 12.4 Å². The highest BCUT2D eigenvalue weighted by Crippen LogP contribution is 2.27. The Hall–Kier alpha value is -4.06. The van der Waals surface area contributed by atoms with Crippen molar-refractivity contribution in [2.45, 2.75) is 12.8 Å². The molecule has 6 heteroatoms. The molecule has 2 amide bonds. The van der Waals surface area contributed by atoms with Crippen molar-refractivity contribution in [3.63, 3.8) is 0 Å². The lowest BCUT2D eigenvalue weighted by molar-refractivity contribution is -0.121. The van der Waals surface area contributed by atoms with Gasteiger partial charge in [-0.2, -0.15) is 0 Å². The van der Waals surface area contributed by atoms with Gasteiger partial charge in [0.2, 0.25) is 5.91 Å². The van der Waals surface area contributed by atoms with E-state index in [-0.39, 0.29) is 17.7 Å². The Morgan fingerprint density at radius 1 is 0.879 bits per heavy atom. The molecule has 0 saturated carbocycles. The molecule has 164 valence electrons. The van der Waals surface area contributed by atoms with Crippen LogP contribution in [0.1, 0.15) is 23.2 Å². The van der Waals surface area contributed by atoms with Crippen LogP contribution in [0.5, 0.6) is 0 Å². The number of fused-ring (bicyclic) bond motifs is 1. The summed E-state index contributed by atoms with van der Waals surface area (Å²) in [5.74, 6) is -0.107. The van der Waals surface area contributed by atoms with Crippen LogP contribution in [0.25, 0.3) is 22.2 Å². The monoisotopic (exact) mass is 436 g/mol. The maximum Gasteiger partial charge on any atom is 0.254 e. The fourth-order valence-corrected chi connectivity index (χ4v) is 4.30. The molecule has 5 rings (SSSR count). The summed E-state index contributed by atoms with van der Waals surface area (Å²) in [6.45, 7) is 1.10. The number of hydrogen-bond donors (Lipinski definition) is 1. The summed E-state index contributed by atoms with van der Waals surface area (Å²) in [5.41, 5.74) is 3.89. The first-order valence-corrected chi connectivity index (χ1v) is 11.1. The molecule has 33 heavy (non-hydrogen) atoms. The van der Waals surface area contributed by atoms with E-state index in [9.17, 15) is 9.59 Å². The number of aromatic nitrogens is 2. The van der Waals surface area contributed by atoms with Crippen LogP contribution in [0.15, 0.2) is 85.2 Å². The number of carbonyl (C=O) groups is 2. The molecule has 0 bridgehead atoms. The van der Waals surface area contributed by atoms with E-state index in [4.69, 9.17) is 4.98 Å². The van der Waals surface area contributed by atoms with Crippen LogP contribution in [0.2, 0.25) is 0 Å². The number of para-hydroxylation sites is 2. The van der Waals surface area contributed by atoms with Gasteiger partial charge in [-0.25, -0.2) is 4.98 Å². The molecule has 0 atom stereocenters. The molecule has 1 aliphatic rings. The molecule has 2 aromatic heterocycles. The van der Waals surface area contributed by atoms with Crippen LogP contribution >= 0.6 is 0 Å². The van der Waals surface area contributed by atoms with Crippen LogP contribution in [-0.2, 0) is 4.79 Å². The number of likely N-dealkylation sites (tertiary alicyclic amines) is 1. The van der Waals surface area contributed by atoms with Gasteiger partial charge in [0.1, 0.15) is 0 Å². The summed E-state index contributed by atoms with van der Waals surface area (Å²) in [5, 5.41) is 3.82. The van der Waals surface area contributed by atoms with Crippen LogP contribution < -0.4 is 5.32 Å². The molecule has 1 fully saturated rings. The molecule has 1 saturated heterocycles. The summed E-state index contributed by atoms with van der Waals surface area (Å²) in [6.07, 6.45) is 4.73. The number of hydrogen-bond acceptors (Lipinski definition) is 4. The van der Waals surface area contributed by atoms with Crippen LogP contribution in [-0.4, -0.2) is 39.8 Å². The van der Waals surface area contributed by atoms with Gasteiger partial charge >= 0.3 is 0 Å². The zero-order valence-corrected chi connectivity index (χ0v) is 18.1. The van der Waals surface area contributed by atoms with Crippen molar-refractivity contribution in [3.05, 3.63) is 90.8 Å². The standard InChI is InChI=1S/C27H24N4O2/c32-26(29-21-6-2-1-3-7-21)20-12-16-31(17-13-20)27(33)23-18-25(19-10-14-28-15-11-19)30-24-9-5-4-8-22(23)24/h1-11,14-15,18,20H,12-13,16-17H2,(H,29,32). The van der Waals surface area contributed by atoms with Crippen LogP contribution in [0.4, 0.5) is 5.69 Å². The second-order valence-electron chi connectivity index (χ2n) is 8.23. The van der Waals surface area contributed by atoms with Crippen molar-refractivity contribution in [1.82, 2.24) is 14.9 Å². The summed E-state index contributed by atoms with van der Waals surface area (Å²) < 4.78 is 0. The number of pyridine rings is 2. The number of carbonyl (C=O) groups excluding carboxylic acids is 2. The van der Waals surface area contributed by atoms with Gasteiger partial charge in [-0.1, -0.05) is 36.4 Å². The fraction of sp³-hybridized carbons (Fsp3) is 0.185. The predicted molar refractivity (Wildman–Crippen MR) is 129 cm³/mol. The van der Waals surface area contributed by atoms with E-state index in [1.807, 2.05) is 77.7 Å². The fourth-order valence-electron chi connectivity index (χ4n) is 4.30. The van der Waals surface area contributed by atoms with Gasteiger partial charge in [0.25, 0.3) is 5.91 Å². The molecule has 0 spiro atoms. The van der Waals surface area contributed by atoms with Crippen molar-refractivity contribution >= 4 is 28.4 Å². The van der Waals surface area contributed by atoms with Crippen molar-refractivity contribution in [2.24, 2.45) is 5.92 Å². The normalized spacial score (nSPS) is 14.2. The number of rotatable bonds is 4. The van der Waals surface area contributed by atoms with E-state index in [0.29, 0.717) is 31.5 Å². The van der Waals surface area contributed by atoms with Crippen molar-refractivity contribution in [2.75, 3.05) is 18.4 Å². The molecule has 1 aliphatic heterocycles. The first kappa shape index (κ1) is 20.8. The van der Waals surface area contributed by atoms with E-state index < -0.39 is 0 Å².